The minimum absolute atomic E-state index is 0.105. The van der Waals surface area contributed by atoms with Crippen molar-refractivity contribution in [3.8, 4) is 0 Å². The average molecular weight is 567 g/mol. The van der Waals surface area contributed by atoms with Crippen LogP contribution in [-0.4, -0.2) is 34.2 Å². The van der Waals surface area contributed by atoms with E-state index in [1.54, 1.807) is 6.20 Å². The molecule has 174 valence electrons. The number of benzene rings is 1. The van der Waals surface area contributed by atoms with Crippen LogP contribution in [0.3, 0.4) is 0 Å². The molecule has 0 aliphatic carbocycles. The number of hydrogen-bond donors (Lipinski definition) is 2. The number of H-pyrrole nitrogens is 1. The van der Waals surface area contributed by atoms with Crippen LogP contribution >= 0.6 is 22.6 Å². The van der Waals surface area contributed by atoms with Crippen LogP contribution in [0.4, 0.5) is 18.0 Å². The average Bonchev–Trinajstić information content (AvgIpc) is 3.17. The molecule has 0 fully saturated rings. The number of carbonyl (C=O) groups excluding carboxylic acids is 3. The minimum Gasteiger partial charge on any atom is -0.445 e. The van der Waals surface area contributed by atoms with E-state index < -0.39 is 30.2 Å². The van der Waals surface area contributed by atoms with Gasteiger partial charge in [-0.2, -0.15) is 13.2 Å². The third kappa shape index (κ3) is 9.24. The van der Waals surface area contributed by atoms with Gasteiger partial charge in [0.25, 0.3) is 0 Å². The van der Waals surface area contributed by atoms with E-state index in [1.165, 1.54) is 0 Å². The Morgan fingerprint density at radius 1 is 1.12 bits per heavy atom. The zero-order valence-corrected chi connectivity index (χ0v) is 18.9. The summed E-state index contributed by atoms with van der Waals surface area (Å²) in [6.07, 6.45) is -2.88. The first-order valence-corrected chi connectivity index (χ1v) is 10.7. The number of halogens is 4. The summed E-state index contributed by atoms with van der Waals surface area (Å²) in [4.78, 5) is 41.4. The maximum Gasteiger partial charge on any atom is 0.491 e. The van der Waals surface area contributed by atoms with Crippen LogP contribution in [0.5, 0.6) is 0 Å². The molecule has 1 amide bonds. The van der Waals surface area contributed by atoms with Gasteiger partial charge in [0.15, 0.2) is 0 Å². The van der Waals surface area contributed by atoms with E-state index in [0.717, 1.165) is 9.26 Å². The highest BCUT2D eigenvalue weighted by Crippen LogP contribution is 2.20. The molecule has 1 unspecified atom stereocenters. The van der Waals surface area contributed by atoms with Crippen molar-refractivity contribution < 1.29 is 37.0 Å². The van der Waals surface area contributed by atoms with Gasteiger partial charge in [-0.3, -0.25) is 4.79 Å². The van der Waals surface area contributed by atoms with Crippen molar-refractivity contribution in [2.24, 2.45) is 0 Å². The zero-order valence-electron chi connectivity index (χ0n) is 16.8. The molecule has 1 aromatic heterocycles. The molecule has 0 radical (unpaired) electrons. The Morgan fingerprint density at radius 2 is 1.84 bits per heavy atom. The molecular weight excluding hydrogens is 546 g/mol. The van der Waals surface area contributed by atoms with Crippen LogP contribution in [0.2, 0.25) is 0 Å². The number of alkyl halides is 3. The van der Waals surface area contributed by atoms with Gasteiger partial charge >= 0.3 is 24.2 Å². The maximum absolute atomic E-state index is 12.2. The molecule has 32 heavy (non-hydrogen) atoms. The van der Waals surface area contributed by atoms with Crippen molar-refractivity contribution in [3.63, 3.8) is 0 Å². The van der Waals surface area contributed by atoms with E-state index >= 15 is 0 Å². The summed E-state index contributed by atoms with van der Waals surface area (Å²) >= 11 is 2.04. The van der Waals surface area contributed by atoms with E-state index in [4.69, 9.17) is 4.74 Å². The molecule has 1 atom stereocenters. The Morgan fingerprint density at radius 3 is 2.47 bits per heavy atom. The summed E-state index contributed by atoms with van der Waals surface area (Å²) in [5, 5.41) is 2.74. The highest BCUT2D eigenvalue weighted by Gasteiger charge is 2.42. The fourth-order valence-electron chi connectivity index (χ4n) is 2.68. The van der Waals surface area contributed by atoms with Crippen LogP contribution in [0.1, 0.15) is 49.5 Å². The summed E-state index contributed by atoms with van der Waals surface area (Å²) < 4.78 is 46.0. The van der Waals surface area contributed by atoms with Crippen molar-refractivity contribution in [2.45, 2.75) is 50.9 Å². The second-order valence-corrected chi connectivity index (χ2v) is 7.90. The van der Waals surface area contributed by atoms with Gasteiger partial charge in [-0.1, -0.05) is 43.2 Å². The van der Waals surface area contributed by atoms with Crippen LogP contribution in [0.25, 0.3) is 0 Å². The first-order chi connectivity index (χ1) is 15.1. The number of unbranched alkanes of at least 4 members (excludes halogenated alkanes) is 2. The van der Waals surface area contributed by atoms with Crippen LogP contribution in [0, 0.1) is 3.70 Å². The largest absolute Gasteiger partial charge is 0.491 e. The standard InChI is InChI=1S/C20H21F3IN3O5/c21-20(22,23)18(29)32-16(28)10-6-2-5-9-14(17-25-11-15(24)27-17)26-19(30)31-12-13-7-3-1-4-8-13/h1,3-4,7-8,11,14H,2,5-6,9-10,12H2,(H,25,27)(H,26,30). The molecule has 1 aromatic carbocycles. The molecule has 0 bridgehead atoms. The molecule has 1 heterocycles. The Hall–Kier alpha value is -2.64. The number of aromatic nitrogens is 2. The molecule has 2 rings (SSSR count). The van der Waals surface area contributed by atoms with E-state index in [9.17, 15) is 27.6 Å². The third-order valence-corrected chi connectivity index (χ3v) is 4.76. The summed E-state index contributed by atoms with van der Waals surface area (Å²) in [6, 6.07) is 8.68. The lowest BCUT2D eigenvalue weighted by molar-refractivity contribution is -0.201. The summed E-state index contributed by atoms with van der Waals surface area (Å²) in [5.74, 6) is -3.22. The Kier molecular flexibility index (Phi) is 9.94. The topological polar surface area (TPSA) is 110 Å². The Balaban J connectivity index is 1.78. The number of rotatable bonds is 10. The number of esters is 2. The summed E-state index contributed by atoms with van der Waals surface area (Å²) in [6.45, 7) is 0.105. The Bertz CT molecular complexity index is 905. The normalized spacial score (nSPS) is 12.1. The first kappa shape index (κ1) is 25.6. The number of ether oxygens (including phenoxy) is 2. The predicted octanol–water partition coefficient (Wildman–Crippen LogP) is 4.56. The monoisotopic (exact) mass is 567 g/mol. The first-order valence-electron chi connectivity index (χ1n) is 9.64. The van der Waals surface area contributed by atoms with Crippen molar-refractivity contribution in [3.05, 3.63) is 51.6 Å². The van der Waals surface area contributed by atoms with E-state index in [-0.39, 0.29) is 19.4 Å². The van der Waals surface area contributed by atoms with E-state index in [1.807, 2.05) is 52.9 Å². The van der Waals surface area contributed by atoms with Gasteiger partial charge < -0.3 is 19.8 Å². The minimum atomic E-state index is -5.20. The van der Waals surface area contributed by atoms with Crippen molar-refractivity contribution in [1.29, 1.82) is 0 Å². The Labute approximate surface area is 195 Å². The third-order valence-electron chi connectivity index (χ3n) is 4.21. The number of nitrogens with one attached hydrogen (secondary N) is 2. The molecule has 0 aliphatic rings. The number of hydrogen-bond acceptors (Lipinski definition) is 6. The predicted molar refractivity (Wildman–Crippen MR) is 114 cm³/mol. The van der Waals surface area contributed by atoms with Gasteiger partial charge in [-0.15, -0.1) is 0 Å². The van der Waals surface area contributed by atoms with Gasteiger partial charge in [0.1, 0.15) is 12.4 Å². The van der Waals surface area contributed by atoms with Crippen LogP contribution in [-0.2, 0) is 25.7 Å². The van der Waals surface area contributed by atoms with Gasteiger partial charge in [-0.05, 0) is 41.0 Å². The van der Waals surface area contributed by atoms with Crippen molar-refractivity contribution >= 4 is 40.6 Å². The van der Waals surface area contributed by atoms with Crippen molar-refractivity contribution in [1.82, 2.24) is 15.3 Å². The van der Waals surface area contributed by atoms with Gasteiger partial charge in [-0.25, -0.2) is 14.6 Å². The lowest BCUT2D eigenvalue weighted by Crippen LogP contribution is -2.30. The lowest BCUT2D eigenvalue weighted by Gasteiger charge is -2.17. The van der Waals surface area contributed by atoms with Gasteiger partial charge in [0.05, 0.1) is 15.9 Å². The number of imidazole rings is 1. The number of carbonyl (C=O) groups is 3. The molecule has 12 heteroatoms. The number of nitrogens with zero attached hydrogens (tertiary/aromatic N) is 1. The molecule has 0 saturated carbocycles. The van der Waals surface area contributed by atoms with E-state index in [2.05, 4.69) is 20.0 Å². The van der Waals surface area contributed by atoms with Gasteiger partial charge in [0, 0.05) is 6.42 Å². The highest BCUT2D eigenvalue weighted by atomic mass is 127. The van der Waals surface area contributed by atoms with Gasteiger partial charge in [0.2, 0.25) is 0 Å². The zero-order chi connectivity index (χ0) is 23.6. The lowest BCUT2D eigenvalue weighted by atomic mass is 10.1. The van der Waals surface area contributed by atoms with Crippen LogP contribution < -0.4 is 5.32 Å². The fourth-order valence-corrected chi connectivity index (χ4v) is 3.10. The van der Waals surface area contributed by atoms with Crippen molar-refractivity contribution in [2.75, 3.05) is 0 Å². The number of amides is 1. The molecule has 0 spiro atoms. The fraction of sp³-hybridized carbons (Fsp3) is 0.400. The molecular formula is C20H21F3IN3O5. The molecule has 2 N–H and O–H groups in total. The smallest absolute Gasteiger partial charge is 0.445 e. The van der Waals surface area contributed by atoms with Crippen LogP contribution in [0.15, 0.2) is 36.5 Å². The van der Waals surface area contributed by atoms with E-state index in [0.29, 0.717) is 25.1 Å². The maximum atomic E-state index is 12.2. The SMILES string of the molecule is O=C(CCCCCC(NC(=O)OCc1ccccc1)c1ncc(I)[nH]1)OC(=O)C(F)(F)F. The second-order valence-electron chi connectivity index (χ2n) is 6.73. The quantitative estimate of drug-likeness (QED) is 0.189. The number of aromatic amines is 1. The molecule has 8 nitrogen and oxygen atoms in total. The summed E-state index contributed by atoms with van der Waals surface area (Å²) in [5.41, 5.74) is 0.836. The molecule has 0 saturated heterocycles. The molecule has 0 aliphatic heterocycles. The number of alkyl carbamates (subject to hydrolysis) is 1. The second kappa shape index (κ2) is 12.4. The molecule has 2 aromatic rings. The highest BCUT2D eigenvalue weighted by molar-refractivity contribution is 14.1. The summed E-state index contributed by atoms with van der Waals surface area (Å²) in [7, 11) is 0.